The highest BCUT2D eigenvalue weighted by molar-refractivity contribution is 7.89. The Kier molecular flexibility index (Phi) is 7.52. The van der Waals surface area contributed by atoms with E-state index in [0.29, 0.717) is 32.7 Å². The van der Waals surface area contributed by atoms with Crippen LogP contribution in [0.4, 0.5) is 0 Å². The fraction of sp³-hybridized carbons (Fsp3) is 0.409. The van der Waals surface area contributed by atoms with Crippen LogP contribution in [0.5, 0.6) is 0 Å². The summed E-state index contributed by atoms with van der Waals surface area (Å²) in [7, 11) is -1.69. The van der Waals surface area contributed by atoms with Crippen molar-refractivity contribution < 1.29 is 13.2 Å². The first kappa shape index (κ1) is 22.7. The highest BCUT2D eigenvalue weighted by Crippen LogP contribution is 2.24. The molecule has 0 radical (unpaired) electrons. The summed E-state index contributed by atoms with van der Waals surface area (Å²) in [4.78, 5) is 14.8. The van der Waals surface area contributed by atoms with Crippen molar-refractivity contribution in [3.8, 4) is 0 Å². The quantitative estimate of drug-likeness (QED) is 0.660. The number of halogens is 1. The van der Waals surface area contributed by atoms with Gasteiger partial charge in [0.15, 0.2) is 0 Å². The number of sulfonamides is 1. The van der Waals surface area contributed by atoms with E-state index < -0.39 is 10.0 Å². The molecule has 1 saturated heterocycles. The molecular weight excluding hydrogens is 422 g/mol. The number of likely N-dealkylation sites (N-methyl/N-ethyl adjacent to an activating group) is 1. The molecule has 1 heterocycles. The van der Waals surface area contributed by atoms with Gasteiger partial charge in [0.25, 0.3) is 5.91 Å². The van der Waals surface area contributed by atoms with E-state index in [2.05, 4.69) is 35.3 Å². The van der Waals surface area contributed by atoms with Gasteiger partial charge in [-0.2, -0.15) is 4.31 Å². The van der Waals surface area contributed by atoms with Crippen molar-refractivity contribution >= 4 is 27.5 Å². The van der Waals surface area contributed by atoms with Gasteiger partial charge in [-0.1, -0.05) is 41.4 Å². The molecule has 0 aliphatic carbocycles. The van der Waals surface area contributed by atoms with Crippen LogP contribution in [0, 0.1) is 6.92 Å². The Morgan fingerprint density at radius 1 is 1.10 bits per heavy atom. The van der Waals surface area contributed by atoms with E-state index in [9.17, 15) is 13.2 Å². The van der Waals surface area contributed by atoms with Gasteiger partial charge in [-0.05, 0) is 50.6 Å². The second kappa shape index (κ2) is 9.92. The van der Waals surface area contributed by atoms with Gasteiger partial charge in [0.05, 0.1) is 15.5 Å². The number of benzene rings is 2. The summed E-state index contributed by atoms with van der Waals surface area (Å²) >= 11 is 6.20. The SMILES string of the molecule is Cc1cccc(CCCNC(=O)c2cc(S(=O)(=O)N3CCN(C)CC3)ccc2Cl)c1. The molecule has 2 aromatic carbocycles. The van der Waals surface area contributed by atoms with Crippen molar-refractivity contribution in [2.45, 2.75) is 24.7 Å². The monoisotopic (exact) mass is 449 g/mol. The van der Waals surface area contributed by atoms with Crippen LogP contribution in [0.25, 0.3) is 0 Å². The molecule has 0 saturated carbocycles. The summed E-state index contributed by atoms with van der Waals surface area (Å²) in [6.45, 7) is 4.76. The van der Waals surface area contributed by atoms with Crippen molar-refractivity contribution in [2.75, 3.05) is 39.8 Å². The lowest BCUT2D eigenvalue weighted by Crippen LogP contribution is -2.47. The predicted octanol–water partition coefficient (Wildman–Crippen LogP) is 2.95. The fourth-order valence-corrected chi connectivity index (χ4v) is 5.13. The van der Waals surface area contributed by atoms with Gasteiger partial charge < -0.3 is 10.2 Å². The maximum Gasteiger partial charge on any atom is 0.252 e. The Morgan fingerprint density at radius 3 is 2.53 bits per heavy atom. The van der Waals surface area contributed by atoms with E-state index in [1.807, 2.05) is 13.1 Å². The van der Waals surface area contributed by atoms with Crippen LogP contribution in [0.3, 0.4) is 0 Å². The second-order valence-corrected chi connectivity index (χ2v) is 10.0. The summed E-state index contributed by atoms with van der Waals surface area (Å²) in [5.41, 5.74) is 2.62. The molecule has 1 fully saturated rings. The topological polar surface area (TPSA) is 69.7 Å². The Hall–Kier alpha value is -1.93. The van der Waals surface area contributed by atoms with Gasteiger partial charge in [-0.15, -0.1) is 0 Å². The second-order valence-electron chi connectivity index (χ2n) is 7.70. The average Bonchev–Trinajstić information content (AvgIpc) is 2.71. The Labute approximate surface area is 183 Å². The van der Waals surface area contributed by atoms with Gasteiger partial charge >= 0.3 is 0 Å². The Morgan fingerprint density at radius 2 is 1.83 bits per heavy atom. The number of amides is 1. The molecule has 0 atom stereocenters. The summed E-state index contributed by atoms with van der Waals surface area (Å²) in [5, 5.41) is 3.09. The van der Waals surface area contributed by atoms with Crippen LogP contribution in [0.15, 0.2) is 47.4 Å². The van der Waals surface area contributed by atoms with Gasteiger partial charge in [0.2, 0.25) is 10.0 Å². The number of nitrogens with zero attached hydrogens (tertiary/aromatic N) is 2. The molecule has 0 bridgehead atoms. The van der Waals surface area contributed by atoms with Crippen LogP contribution >= 0.6 is 11.6 Å². The van der Waals surface area contributed by atoms with E-state index in [4.69, 9.17) is 11.6 Å². The van der Waals surface area contributed by atoms with Gasteiger partial charge in [-0.3, -0.25) is 4.79 Å². The van der Waals surface area contributed by atoms with Crippen LogP contribution in [0.2, 0.25) is 5.02 Å². The maximum atomic E-state index is 13.0. The largest absolute Gasteiger partial charge is 0.352 e. The first-order chi connectivity index (χ1) is 14.3. The molecular formula is C22H28ClN3O3S. The molecule has 6 nitrogen and oxygen atoms in total. The number of nitrogens with one attached hydrogen (secondary N) is 1. The zero-order chi connectivity index (χ0) is 21.7. The van der Waals surface area contributed by atoms with Crippen LogP contribution < -0.4 is 5.32 Å². The highest BCUT2D eigenvalue weighted by atomic mass is 35.5. The summed E-state index contributed by atoms with van der Waals surface area (Å²) in [6.07, 6.45) is 1.64. The third-order valence-electron chi connectivity index (χ3n) is 5.29. The lowest BCUT2D eigenvalue weighted by molar-refractivity contribution is 0.0953. The Bertz CT molecular complexity index is 1000. The van der Waals surface area contributed by atoms with Crippen molar-refractivity contribution in [3.63, 3.8) is 0 Å². The minimum Gasteiger partial charge on any atom is -0.352 e. The summed E-state index contributed by atoms with van der Waals surface area (Å²) in [6, 6.07) is 12.6. The molecule has 0 unspecified atom stereocenters. The lowest BCUT2D eigenvalue weighted by Gasteiger charge is -2.31. The number of hydrogen-bond donors (Lipinski definition) is 1. The molecule has 2 aromatic rings. The molecule has 8 heteroatoms. The highest BCUT2D eigenvalue weighted by Gasteiger charge is 2.28. The zero-order valence-electron chi connectivity index (χ0n) is 17.4. The Balaban J connectivity index is 1.63. The third kappa shape index (κ3) is 5.60. The first-order valence-corrected chi connectivity index (χ1v) is 11.9. The van der Waals surface area contributed by atoms with Crippen molar-refractivity contribution in [1.82, 2.24) is 14.5 Å². The zero-order valence-corrected chi connectivity index (χ0v) is 19.0. The summed E-state index contributed by atoms with van der Waals surface area (Å²) < 4.78 is 27.4. The molecule has 3 rings (SSSR count). The van der Waals surface area contributed by atoms with Gasteiger partial charge in [0.1, 0.15) is 0 Å². The van der Waals surface area contributed by atoms with Crippen molar-refractivity contribution in [2.24, 2.45) is 0 Å². The number of aryl methyl sites for hydroxylation is 2. The molecule has 1 aliphatic rings. The van der Waals surface area contributed by atoms with Crippen LogP contribution in [-0.4, -0.2) is 63.3 Å². The van der Waals surface area contributed by atoms with Crippen LogP contribution in [-0.2, 0) is 16.4 Å². The standard InChI is InChI=1S/C22H28ClN3O3S/c1-17-5-3-6-18(15-17)7-4-10-24-22(27)20-16-19(8-9-21(20)23)30(28,29)26-13-11-25(2)12-14-26/h3,5-6,8-9,15-16H,4,7,10-14H2,1-2H3,(H,24,27). The van der Waals surface area contributed by atoms with E-state index >= 15 is 0 Å². The number of rotatable bonds is 7. The fourth-order valence-electron chi connectivity index (χ4n) is 3.47. The minimum absolute atomic E-state index is 0.0985. The molecule has 1 amide bonds. The number of hydrogen-bond acceptors (Lipinski definition) is 4. The van der Waals surface area contributed by atoms with Gasteiger partial charge in [0, 0.05) is 32.7 Å². The van der Waals surface area contributed by atoms with E-state index in [-0.39, 0.29) is 21.4 Å². The molecule has 30 heavy (non-hydrogen) atoms. The predicted molar refractivity (Wildman–Crippen MR) is 120 cm³/mol. The first-order valence-electron chi connectivity index (χ1n) is 10.1. The molecule has 1 aliphatic heterocycles. The minimum atomic E-state index is -3.66. The summed E-state index contributed by atoms with van der Waals surface area (Å²) in [5.74, 6) is -0.361. The number of piperazine rings is 1. The number of carbonyl (C=O) groups excluding carboxylic acids is 1. The molecule has 0 spiro atoms. The van der Waals surface area contributed by atoms with Crippen molar-refractivity contribution in [1.29, 1.82) is 0 Å². The molecule has 0 aromatic heterocycles. The van der Waals surface area contributed by atoms with E-state index in [0.717, 1.165) is 12.8 Å². The number of carbonyl (C=O) groups is 1. The van der Waals surface area contributed by atoms with Crippen molar-refractivity contribution in [3.05, 3.63) is 64.2 Å². The third-order valence-corrected chi connectivity index (χ3v) is 7.52. The van der Waals surface area contributed by atoms with E-state index in [1.165, 1.54) is 33.6 Å². The normalized spacial score (nSPS) is 15.8. The molecule has 162 valence electrons. The maximum absolute atomic E-state index is 13.0. The smallest absolute Gasteiger partial charge is 0.252 e. The van der Waals surface area contributed by atoms with Gasteiger partial charge in [-0.25, -0.2) is 8.42 Å². The van der Waals surface area contributed by atoms with E-state index in [1.54, 1.807) is 0 Å². The van der Waals surface area contributed by atoms with Crippen LogP contribution in [0.1, 0.15) is 27.9 Å². The average molecular weight is 450 g/mol. The molecule has 1 N–H and O–H groups in total. The lowest BCUT2D eigenvalue weighted by atomic mass is 10.1.